The molecule has 3 unspecified atom stereocenters. The topological polar surface area (TPSA) is 32.3 Å². The lowest BCUT2D eigenvalue weighted by Gasteiger charge is -2.32. The van der Waals surface area contributed by atoms with E-state index in [1.165, 1.54) is 19.3 Å². The van der Waals surface area contributed by atoms with E-state index in [1.807, 2.05) is 0 Å². The average molecular weight is 222 g/mol. The van der Waals surface area contributed by atoms with Gasteiger partial charge in [-0.1, -0.05) is 20.3 Å². The fourth-order valence-electron chi connectivity index (χ4n) is 3.54. The summed E-state index contributed by atoms with van der Waals surface area (Å²) in [5.74, 6) is 1.09. The van der Waals surface area contributed by atoms with Crippen LogP contribution < -0.4 is 5.32 Å². The molecule has 3 fully saturated rings. The third kappa shape index (κ3) is 1.33. The summed E-state index contributed by atoms with van der Waals surface area (Å²) < 4.78 is 0. The van der Waals surface area contributed by atoms with E-state index in [0.29, 0.717) is 24.0 Å². The Bertz CT molecular complexity index is 311. The maximum atomic E-state index is 12.5. The Balaban J connectivity index is 1.84. The van der Waals surface area contributed by atoms with Crippen molar-refractivity contribution in [3.63, 3.8) is 0 Å². The second-order valence-electron chi connectivity index (χ2n) is 5.84. The summed E-state index contributed by atoms with van der Waals surface area (Å²) in [4.78, 5) is 14.7. The molecule has 90 valence electrons. The summed E-state index contributed by atoms with van der Waals surface area (Å²) in [5.41, 5.74) is -0.122. The number of carbonyl (C=O) groups excluding carboxylic acids is 1. The first-order chi connectivity index (χ1) is 7.68. The van der Waals surface area contributed by atoms with Crippen molar-refractivity contribution in [3.8, 4) is 0 Å². The van der Waals surface area contributed by atoms with Crippen LogP contribution in [0.2, 0.25) is 0 Å². The molecule has 3 aliphatic rings. The van der Waals surface area contributed by atoms with Crippen molar-refractivity contribution in [2.24, 2.45) is 5.92 Å². The minimum absolute atomic E-state index is 0.122. The van der Waals surface area contributed by atoms with Crippen LogP contribution >= 0.6 is 0 Å². The summed E-state index contributed by atoms with van der Waals surface area (Å²) in [6, 6.07) is 0.505. The molecule has 2 saturated carbocycles. The van der Waals surface area contributed by atoms with Crippen LogP contribution in [-0.4, -0.2) is 28.6 Å². The molecule has 1 amide bonds. The molecule has 1 aliphatic heterocycles. The Kier molecular flexibility index (Phi) is 2.29. The van der Waals surface area contributed by atoms with Gasteiger partial charge in [0.25, 0.3) is 0 Å². The fourth-order valence-corrected chi connectivity index (χ4v) is 3.54. The molecule has 0 aromatic heterocycles. The third-order valence-corrected chi connectivity index (χ3v) is 4.73. The van der Waals surface area contributed by atoms with Crippen LogP contribution in [0.4, 0.5) is 0 Å². The Labute approximate surface area is 97.6 Å². The fraction of sp³-hybridized carbons (Fsp3) is 0.923. The second-order valence-corrected chi connectivity index (χ2v) is 5.84. The molecule has 2 aliphatic carbocycles. The lowest BCUT2D eigenvalue weighted by molar-refractivity contribution is -0.133. The minimum atomic E-state index is -0.122. The van der Waals surface area contributed by atoms with E-state index < -0.39 is 0 Å². The van der Waals surface area contributed by atoms with E-state index in [-0.39, 0.29) is 5.54 Å². The number of amides is 1. The largest absolute Gasteiger partial charge is 0.322 e. The highest BCUT2D eigenvalue weighted by Crippen LogP contribution is 2.45. The van der Waals surface area contributed by atoms with E-state index in [0.717, 1.165) is 19.3 Å². The molecule has 3 rings (SSSR count). The molecule has 1 heterocycles. The molecule has 3 atom stereocenters. The van der Waals surface area contributed by atoms with Gasteiger partial charge < -0.3 is 4.90 Å². The Morgan fingerprint density at radius 1 is 1.44 bits per heavy atom. The van der Waals surface area contributed by atoms with Gasteiger partial charge in [0.2, 0.25) is 5.91 Å². The number of nitrogens with zero attached hydrogens (tertiary/aromatic N) is 1. The summed E-state index contributed by atoms with van der Waals surface area (Å²) in [6.07, 6.45) is 7.25. The molecule has 0 aromatic rings. The number of rotatable bonds is 2. The summed E-state index contributed by atoms with van der Waals surface area (Å²) in [6.45, 7) is 4.48. The van der Waals surface area contributed by atoms with Crippen molar-refractivity contribution in [2.75, 3.05) is 0 Å². The molecule has 16 heavy (non-hydrogen) atoms. The molecule has 1 spiro atoms. The predicted octanol–water partition coefficient (Wildman–Crippen LogP) is 1.88. The van der Waals surface area contributed by atoms with Gasteiger partial charge in [0, 0.05) is 6.04 Å². The molecular weight excluding hydrogens is 200 g/mol. The van der Waals surface area contributed by atoms with E-state index in [1.54, 1.807) is 0 Å². The summed E-state index contributed by atoms with van der Waals surface area (Å²) in [5, 5.41) is 3.56. The molecule has 3 heteroatoms. The maximum absolute atomic E-state index is 12.5. The van der Waals surface area contributed by atoms with Crippen molar-refractivity contribution >= 4 is 5.91 Å². The van der Waals surface area contributed by atoms with Crippen molar-refractivity contribution in [1.82, 2.24) is 10.2 Å². The van der Waals surface area contributed by atoms with Gasteiger partial charge in [-0.3, -0.25) is 10.1 Å². The Morgan fingerprint density at radius 3 is 2.69 bits per heavy atom. The van der Waals surface area contributed by atoms with E-state index >= 15 is 0 Å². The van der Waals surface area contributed by atoms with E-state index in [4.69, 9.17) is 0 Å². The van der Waals surface area contributed by atoms with Crippen molar-refractivity contribution in [1.29, 1.82) is 0 Å². The Morgan fingerprint density at radius 2 is 2.19 bits per heavy atom. The lowest BCUT2D eigenvalue weighted by Crippen LogP contribution is -2.45. The SMILES string of the molecule is CCC1NC2(CC2)C(=O)N1C1CCCC1C. The average Bonchev–Trinajstić information content (AvgIpc) is 2.86. The smallest absolute Gasteiger partial charge is 0.244 e. The van der Waals surface area contributed by atoms with Gasteiger partial charge in [-0.2, -0.15) is 0 Å². The zero-order chi connectivity index (χ0) is 11.3. The third-order valence-electron chi connectivity index (χ3n) is 4.73. The molecule has 0 aromatic carbocycles. The zero-order valence-corrected chi connectivity index (χ0v) is 10.3. The highest BCUT2D eigenvalue weighted by Gasteiger charge is 2.60. The standard InChI is InChI=1S/C13H22N2O/c1-3-11-14-13(7-8-13)12(16)15(11)10-6-4-5-9(10)2/h9-11,14H,3-8H2,1-2H3. The first-order valence-corrected chi connectivity index (χ1v) is 6.78. The molecular formula is C13H22N2O. The number of hydrogen-bond donors (Lipinski definition) is 1. The van der Waals surface area contributed by atoms with E-state index in [2.05, 4.69) is 24.1 Å². The van der Waals surface area contributed by atoms with Gasteiger partial charge in [-0.25, -0.2) is 0 Å². The number of nitrogens with one attached hydrogen (secondary N) is 1. The number of hydrogen-bond acceptors (Lipinski definition) is 2. The van der Waals surface area contributed by atoms with Gasteiger partial charge in [0.05, 0.1) is 11.7 Å². The highest BCUT2D eigenvalue weighted by molar-refractivity contribution is 5.92. The quantitative estimate of drug-likeness (QED) is 0.773. The zero-order valence-electron chi connectivity index (χ0n) is 10.3. The highest BCUT2D eigenvalue weighted by atomic mass is 16.2. The first-order valence-electron chi connectivity index (χ1n) is 6.78. The molecule has 1 N–H and O–H groups in total. The van der Waals surface area contributed by atoms with E-state index in [9.17, 15) is 4.79 Å². The van der Waals surface area contributed by atoms with Crippen molar-refractivity contribution < 1.29 is 4.79 Å². The van der Waals surface area contributed by atoms with Gasteiger partial charge in [-0.05, 0) is 38.0 Å². The maximum Gasteiger partial charge on any atom is 0.244 e. The normalized spacial score (nSPS) is 41.0. The summed E-state index contributed by atoms with van der Waals surface area (Å²) in [7, 11) is 0. The molecule has 1 saturated heterocycles. The molecule has 0 radical (unpaired) electrons. The van der Waals surface area contributed by atoms with Crippen LogP contribution in [0.5, 0.6) is 0 Å². The minimum Gasteiger partial charge on any atom is -0.322 e. The van der Waals surface area contributed by atoms with Crippen LogP contribution in [0, 0.1) is 5.92 Å². The van der Waals surface area contributed by atoms with Crippen molar-refractivity contribution in [3.05, 3.63) is 0 Å². The van der Waals surface area contributed by atoms with Crippen molar-refractivity contribution in [2.45, 2.75) is 70.1 Å². The number of carbonyl (C=O) groups is 1. The van der Waals surface area contributed by atoms with Gasteiger partial charge in [0.15, 0.2) is 0 Å². The van der Waals surface area contributed by atoms with Crippen LogP contribution in [0.1, 0.15) is 52.4 Å². The van der Waals surface area contributed by atoms with Gasteiger partial charge in [-0.15, -0.1) is 0 Å². The van der Waals surface area contributed by atoms with Crippen LogP contribution in [0.25, 0.3) is 0 Å². The second kappa shape index (κ2) is 3.46. The van der Waals surface area contributed by atoms with Gasteiger partial charge >= 0.3 is 0 Å². The molecule has 3 nitrogen and oxygen atoms in total. The first kappa shape index (κ1) is 10.6. The van der Waals surface area contributed by atoms with Crippen LogP contribution in [0.15, 0.2) is 0 Å². The van der Waals surface area contributed by atoms with Gasteiger partial charge in [0.1, 0.15) is 0 Å². The summed E-state index contributed by atoms with van der Waals surface area (Å²) >= 11 is 0. The lowest BCUT2D eigenvalue weighted by atomic mass is 10.0. The molecule has 0 bridgehead atoms. The van der Waals surface area contributed by atoms with Crippen LogP contribution in [-0.2, 0) is 4.79 Å². The van der Waals surface area contributed by atoms with Crippen LogP contribution in [0.3, 0.4) is 0 Å². The Hall–Kier alpha value is -0.570. The monoisotopic (exact) mass is 222 g/mol. The predicted molar refractivity (Wildman–Crippen MR) is 62.8 cm³/mol.